The van der Waals surface area contributed by atoms with Gasteiger partial charge in [-0.2, -0.15) is 9.29 Å². The van der Waals surface area contributed by atoms with Crippen molar-refractivity contribution in [3.63, 3.8) is 0 Å². The van der Waals surface area contributed by atoms with Gasteiger partial charge in [0.05, 0.1) is 30.4 Å². The van der Waals surface area contributed by atoms with Gasteiger partial charge in [-0.05, 0) is 56.3 Å². The first-order valence-corrected chi connectivity index (χ1v) is 11.9. The zero-order chi connectivity index (χ0) is 23.4. The van der Waals surface area contributed by atoms with Crippen molar-refractivity contribution < 1.29 is 27.2 Å². The Balaban J connectivity index is 1.58. The number of amides is 1. The van der Waals surface area contributed by atoms with Gasteiger partial charge in [0.25, 0.3) is 11.8 Å². The molecule has 1 aliphatic rings. The van der Waals surface area contributed by atoms with Crippen LogP contribution in [0.3, 0.4) is 0 Å². The van der Waals surface area contributed by atoms with E-state index in [1.54, 1.807) is 37.3 Å². The first-order valence-electron chi connectivity index (χ1n) is 10.5. The number of hydrogen-bond donors (Lipinski definition) is 1. The van der Waals surface area contributed by atoms with Crippen molar-refractivity contribution in [1.82, 2.24) is 14.4 Å². The van der Waals surface area contributed by atoms with Gasteiger partial charge in [0.2, 0.25) is 10.0 Å². The van der Waals surface area contributed by atoms with Crippen LogP contribution in [0.2, 0.25) is 0 Å². The first-order chi connectivity index (χ1) is 15.9. The summed E-state index contributed by atoms with van der Waals surface area (Å²) in [7, 11) is -3.73. The fourth-order valence-corrected chi connectivity index (χ4v) is 4.79. The largest absolute Gasteiger partial charge is 0.492 e. The van der Waals surface area contributed by atoms with Gasteiger partial charge in [-0.15, -0.1) is 0 Å². The van der Waals surface area contributed by atoms with Crippen molar-refractivity contribution in [2.75, 3.05) is 38.2 Å². The van der Waals surface area contributed by atoms with Crippen molar-refractivity contribution in [2.45, 2.75) is 18.7 Å². The maximum absolute atomic E-state index is 13.0. The third-order valence-corrected chi connectivity index (χ3v) is 6.92. The highest BCUT2D eigenvalue weighted by molar-refractivity contribution is 7.89. The van der Waals surface area contributed by atoms with Gasteiger partial charge in [0, 0.05) is 24.2 Å². The number of rotatable bonds is 7. The van der Waals surface area contributed by atoms with E-state index in [1.165, 1.54) is 16.4 Å². The number of sulfonamides is 1. The quantitative estimate of drug-likeness (QED) is 0.557. The van der Waals surface area contributed by atoms with E-state index in [0.29, 0.717) is 48.4 Å². The topological polar surface area (TPSA) is 124 Å². The lowest BCUT2D eigenvalue weighted by Crippen LogP contribution is -2.40. The number of nitrogens with zero attached hydrogens (tertiary/aromatic N) is 3. The molecule has 0 unspecified atom stereocenters. The molecule has 1 amide bonds. The minimum Gasteiger partial charge on any atom is -0.492 e. The molecule has 4 rings (SSSR count). The number of morpholine rings is 1. The number of anilines is 1. The van der Waals surface area contributed by atoms with Gasteiger partial charge in [-0.25, -0.2) is 8.42 Å². The molecule has 1 aliphatic heterocycles. The van der Waals surface area contributed by atoms with Crippen LogP contribution >= 0.6 is 0 Å². The third-order valence-electron chi connectivity index (χ3n) is 5.03. The third kappa shape index (κ3) is 5.05. The minimum absolute atomic E-state index is 0.0743. The number of benzene rings is 2. The predicted octanol–water partition coefficient (Wildman–Crippen LogP) is 2.72. The Labute approximate surface area is 191 Å². The molecule has 0 bridgehead atoms. The summed E-state index contributed by atoms with van der Waals surface area (Å²) in [6.07, 6.45) is 0. The van der Waals surface area contributed by atoms with Crippen molar-refractivity contribution in [2.24, 2.45) is 0 Å². The molecule has 0 atom stereocenters. The molecule has 0 spiro atoms. The van der Waals surface area contributed by atoms with Crippen LogP contribution in [-0.4, -0.2) is 61.7 Å². The Hall–Kier alpha value is -3.28. The second-order valence-corrected chi connectivity index (χ2v) is 9.22. The molecule has 0 radical (unpaired) electrons. The Morgan fingerprint density at radius 1 is 1.15 bits per heavy atom. The van der Waals surface area contributed by atoms with Gasteiger partial charge in [0.15, 0.2) is 5.82 Å². The van der Waals surface area contributed by atoms with Crippen LogP contribution in [0, 0.1) is 6.92 Å². The molecular weight excluding hydrogens is 448 g/mol. The van der Waals surface area contributed by atoms with Crippen LogP contribution in [0.5, 0.6) is 5.75 Å². The molecule has 0 saturated carbocycles. The zero-order valence-electron chi connectivity index (χ0n) is 18.3. The van der Waals surface area contributed by atoms with Crippen LogP contribution in [0.4, 0.5) is 5.69 Å². The molecule has 11 heteroatoms. The summed E-state index contributed by atoms with van der Waals surface area (Å²) in [6, 6.07) is 11.1. The molecular formula is C22H24N4O6S. The van der Waals surface area contributed by atoms with Gasteiger partial charge in [-0.3, -0.25) is 4.79 Å². The molecule has 1 fully saturated rings. The van der Waals surface area contributed by atoms with E-state index in [0.717, 1.165) is 0 Å². The number of ether oxygens (including phenoxy) is 2. The summed E-state index contributed by atoms with van der Waals surface area (Å²) >= 11 is 0. The van der Waals surface area contributed by atoms with Crippen molar-refractivity contribution in [3.05, 3.63) is 53.9 Å². The molecule has 1 N–H and O–H groups in total. The maximum Gasteiger partial charge on any atom is 0.257 e. The van der Waals surface area contributed by atoms with E-state index in [9.17, 15) is 13.2 Å². The molecule has 33 heavy (non-hydrogen) atoms. The Morgan fingerprint density at radius 2 is 1.88 bits per heavy atom. The standard InChI is InChI=1S/C22H24N4O6S/c1-3-31-20-9-8-18(33(28,29)26-10-12-30-13-11-26)14-19(20)24-21(27)16-4-6-17(7-5-16)22-23-15(2)25-32-22/h4-9,14H,3,10-13H2,1-2H3,(H,24,27). The highest BCUT2D eigenvalue weighted by Crippen LogP contribution is 2.30. The summed E-state index contributed by atoms with van der Waals surface area (Å²) in [5.74, 6) is 0.844. The zero-order valence-corrected chi connectivity index (χ0v) is 19.1. The highest BCUT2D eigenvalue weighted by Gasteiger charge is 2.27. The number of carbonyl (C=O) groups is 1. The normalized spacial score (nSPS) is 14.7. The second-order valence-electron chi connectivity index (χ2n) is 7.29. The Kier molecular flexibility index (Phi) is 6.72. The highest BCUT2D eigenvalue weighted by atomic mass is 32.2. The lowest BCUT2D eigenvalue weighted by atomic mass is 10.1. The smallest absolute Gasteiger partial charge is 0.257 e. The molecule has 1 aromatic heterocycles. The lowest BCUT2D eigenvalue weighted by molar-refractivity contribution is 0.0730. The van der Waals surface area contributed by atoms with Gasteiger partial charge in [0.1, 0.15) is 5.75 Å². The minimum atomic E-state index is -3.73. The number of nitrogens with one attached hydrogen (secondary N) is 1. The number of carbonyl (C=O) groups excluding carboxylic acids is 1. The van der Waals surface area contributed by atoms with Crippen molar-refractivity contribution in [1.29, 1.82) is 0 Å². The molecule has 10 nitrogen and oxygen atoms in total. The SMILES string of the molecule is CCOc1ccc(S(=O)(=O)N2CCOCC2)cc1NC(=O)c1ccc(-c2nc(C)no2)cc1. The van der Waals surface area contributed by atoms with E-state index in [2.05, 4.69) is 15.5 Å². The van der Waals surface area contributed by atoms with Crippen molar-refractivity contribution in [3.8, 4) is 17.2 Å². The lowest BCUT2D eigenvalue weighted by Gasteiger charge is -2.26. The molecule has 174 valence electrons. The molecule has 3 aromatic rings. The molecule has 1 saturated heterocycles. The van der Waals surface area contributed by atoms with E-state index in [1.807, 2.05) is 6.92 Å². The summed E-state index contributed by atoms with van der Waals surface area (Å²) in [5.41, 5.74) is 1.33. The van der Waals surface area contributed by atoms with E-state index in [-0.39, 0.29) is 23.7 Å². The van der Waals surface area contributed by atoms with Crippen LogP contribution in [0.15, 0.2) is 51.9 Å². The number of hydrogen-bond acceptors (Lipinski definition) is 8. The number of aromatic nitrogens is 2. The van der Waals surface area contributed by atoms with Crippen LogP contribution in [0.1, 0.15) is 23.1 Å². The van der Waals surface area contributed by atoms with Crippen LogP contribution < -0.4 is 10.1 Å². The van der Waals surface area contributed by atoms with Gasteiger partial charge in [-0.1, -0.05) is 5.16 Å². The van der Waals surface area contributed by atoms with Crippen LogP contribution in [-0.2, 0) is 14.8 Å². The summed E-state index contributed by atoms with van der Waals surface area (Å²) < 4.78 is 43.4. The van der Waals surface area contributed by atoms with E-state index in [4.69, 9.17) is 14.0 Å². The van der Waals surface area contributed by atoms with Crippen LogP contribution in [0.25, 0.3) is 11.5 Å². The fourth-order valence-electron chi connectivity index (χ4n) is 3.36. The fraction of sp³-hybridized carbons (Fsp3) is 0.318. The summed E-state index contributed by atoms with van der Waals surface area (Å²) in [4.78, 5) is 17.1. The Morgan fingerprint density at radius 3 is 2.52 bits per heavy atom. The van der Waals surface area contributed by atoms with E-state index < -0.39 is 15.9 Å². The molecule has 2 heterocycles. The monoisotopic (exact) mass is 472 g/mol. The number of aryl methyl sites for hydroxylation is 1. The Bertz CT molecular complexity index is 1230. The maximum atomic E-state index is 13.0. The van der Waals surface area contributed by atoms with E-state index >= 15 is 0 Å². The summed E-state index contributed by atoms with van der Waals surface area (Å²) in [5, 5.41) is 6.52. The summed E-state index contributed by atoms with van der Waals surface area (Å²) in [6.45, 7) is 5.14. The average Bonchev–Trinajstić information content (AvgIpc) is 3.27. The molecule has 2 aromatic carbocycles. The van der Waals surface area contributed by atoms with Gasteiger partial charge >= 0.3 is 0 Å². The van der Waals surface area contributed by atoms with Gasteiger partial charge < -0.3 is 19.3 Å². The van der Waals surface area contributed by atoms with Crippen molar-refractivity contribution >= 4 is 21.6 Å². The average molecular weight is 473 g/mol. The first kappa shape index (κ1) is 22.9. The predicted molar refractivity (Wildman–Crippen MR) is 120 cm³/mol. The second kappa shape index (κ2) is 9.69. The molecule has 0 aliphatic carbocycles.